The smallest absolute Gasteiger partial charge is 0.172 e. The summed E-state index contributed by atoms with van der Waals surface area (Å²) in [6.07, 6.45) is 18.5. The van der Waals surface area contributed by atoms with Gasteiger partial charge in [-0.1, -0.05) is 113 Å². The Morgan fingerprint density at radius 2 is 1.42 bits per heavy atom. The van der Waals surface area contributed by atoms with E-state index < -0.39 is 0 Å². The van der Waals surface area contributed by atoms with E-state index in [-0.39, 0.29) is 46.5 Å². The molecule has 3 aromatic rings. The molecule has 0 radical (unpaired) electrons. The number of allylic oxidation sites excluding steroid dienone is 6. The molecule has 52 heavy (non-hydrogen) atoms. The zero-order valence-electron chi connectivity index (χ0n) is 33.2. The van der Waals surface area contributed by atoms with Gasteiger partial charge >= 0.3 is 114 Å². The van der Waals surface area contributed by atoms with E-state index in [9.17, 15) is 0 Å². The van der Waals surface area contributed by atoms with Gasteiger partial charge in [-0.15, -0.1) is 6.92 Å². The van der Waals surface area contributed by atoms with Crippen molar-refractivity contribution in [2.24, 2.45) is 33.5 Å². The minimum atomic E-state index is 0. The first kappa shape index (κ1) is 42.9. The van der Waals surface area contributed by atoms with Gasteiger partial charge in [-0.05, 0) is 40.6 Å². The topological polar surface area (TPSA) is 0 Å². The molecule has 0 N–H and O–H groups in total. The van der Waals surface area contributed by atoms with Crippen molar-refractivity contribution in [3.63, 3.8) is 0 Å². The molecule has 0 bridgehead atoms. The van der Waals surface area contributed by atoms with Gasteiger partial charge < -0.3 is 24.8 Å². The molecular formula is C49H62Cl2Zr-2. The molecule has 0 aliphatic heterocycles. The van der Waals surface area contributed by atoms with Crippen LogP contribution in [0.25, 0.3) is 5.57 Å². The fourth-order valence-corrected chi connectivity index (χ4v) is 11.8. The first-order valence-corrected chi connectivity index (χ1v) is 20.9. The van der Waals surface area contributed by atoms with E-state index in [1.54, 1.807) is 55.7 Å². The van der Waals surface area contributed by atoms with Crippen molar-refractivity contribution in [1.29, 1.82) is 0 Å². The van der Waals surface area contributed by atoms with E-state index in [0.717, 1.165) is 12.3 Å². The molecule has 0 amide bonds. The van der Waals surface area contributed by atoms with Crippen LogP contribution in [0.3, 0.4) is 0 Å². The molecule has 3 heteroatoms. The van der Waals surface area contributed by atoms with Crippen LogP contribution in [0.2, 0.25) is 0 Å². The average molecular weight is 813 g/mol. The van der Waals surface area contributed by atoms with Crippen molar-refractivity contribution in [3.05, 3.63) is 136 Å². The van der Waals surface area contributed by atoms with Crippen LogP contribution in [0, 0.1) is 39.4 Å². The zero-order chi connectivity index (χ0) is 35.7. The Bertz CT molecular complexity index is 1710. The monoisotopic (exact) mass is 810 g/mol. The van der Waals surface area contributed by atoms with E-state index >= 15 is 0 Å². The fourth-order valence-electron chi connectivity index (χ4n) is 10.5. The van der Waals surface area contributed by atoms with E-state index in [4.69, 9.17) is 0 Å². The summed E-state index contributed by atoms with van der Waals surface area (Å²) >= 11 is 1.65. The Kier molecular flexibility index (Phi) is 14.3. The van der Waals surface area contributed by atoms with Gasteiger partial charge in [0.05, 0.1) is 0 Å². The van der Waals surface area contributed by atoms with E-state index in [1.165, 1.54) is 74.5 Å². The number of halogens is 2. The maximum Gasteiger partial charge on any atom is -0.172 e. The van der Waals surface area contributed by atoms with Crippen LogP contribution in [0.15, 0.2) is 114 Å². The summed E-state index contributed by atoms with van der Waals surface area (Å²) in [6.45, 7) is 20.3. The molecular weight excluding hydrogens is 751 g/mol. The Hall–Kier alpha value is -1.79. The third kappa shape index (κ3) is 7.69. The molecule has 0 spiro atoms. The fraction of sp³-hybridized carbons (Fsp3) is 0.490. The summed E-state index contributed by atoms with van der Waals surface area (Å²) in [5, 5.41) is 0. The quantitative estimate of drug-likeness (QED) is 0.243. The molecule has 2 fully saturated rings. The third-order valence-corrected chi connectivity index (χ3v) is 15.8. The van der Waals surface area contributed by atoms with Gasteiger partial charge in [-0.25, -0.2) is 18.1 Å². The molecule has 0 heterocycles. The van der Waals surface area contributed by atoms with E-state index in [0.29, 0.717) is 5.92 Å². The molecule has 2 saturated carbocycles. The minimum absolute atomic E-state index is 0. The second-order valence-corrected chi connectivity index (χ2v) is 19.4. The molecule has 5 aliphatic carbocycles. The second kappa shape index (κ2) is 17.3. The van der Waals surface area contributed by atoms with Crippen LogP contribution in [0.5, 0.6) is 0 Å². The molecule has 0 nitrogen and oxygen atoms in total. The van der Waals surface area contributed by atoms with Crippen molar-refractivity contribution in [1.82, 2.24) is 0 Å². The number of hydrogen-bond acceptors (Lipinski definition) is 0. The van der Waals surface area contributed by atoms with Crippen molar-refractivity contribution in [3.8, 4) is 0 Å². The van der Waals surface area contributed by atoms with Gasteiger partial charge in [0.2, 0.25) is 0 Å². The molecule has 278 valence electrons. The summed E-state index contributed by atoms with van der Waals surface area (Å²) in [5.41, 5.74) is 11.8. The molecule has 2 unspecified atom stereocenters. The summed E-state index contributed by atoms with van der Waals surface area (Å²) in [7, 11) is 0. The predicted octanol–water partition coefficient (Wildman–Crippen LogP) is 7.30. The zero-order valence-corrected chi connectivity index (χ0v) is 37.2. The Morgan fingerprint density at radius 3 is 2.06 bits per heavy atom. The van der Waals surface area contributed by atoms with Crippen molar-refractivity contribution < 1.29 is 49.0 Å². The largest absolute Gasteiger partial charge is 0.214 e. The van der Waals surface area contributed by atoms with Crippen LogP contribution < -0.4 is 24.8 Å². The van der Waals surface area contributed by atoms with E-state index in [1.807, 2.05) is 30.3 Å². The summed E-state index contributed by atoms with van der Waals surface area (Å²) in [5.74, 6) is 3.25. The van der Waals surface area contributed by atoms with Crippen molar-refractivity contribution >= 4 is 8.78 Å². The SMILES string of the molecule is C[C-]1C2=C3Cc4ccccc4C3=C3C=CCCC3C2(C)C(C)(C)C(C)(C)C1(C)C.[Cl-].[Cl-].[Zr+2]=[C](Cc1ccccc1)CC1CCCCC1.c1cc[cH-]c1. The minimum Gasteiger partial charge on any atom is -0.214 e. The Balaban J connectivity index is 0.000000221. The van der Waals surface area contributed by atoms with Crippen molar-refractivity contribution in [2.75, 3.05) is 0 Å². The van der Waals surface area contributed by atoms with Crippen LogP contribution >= 0.6 is 0 Å². The third-order valence-electron chi connectivity index (χ3n) is 14.9. The van der Waals surface area contributed by atoms with Gasteiger partial charge in [0, 0.05) is 0 Å². The van der Waals surface area contributed by atoms with Crippen LogP contribution in [0.4, 0.5) is 0 Å². The van der Waals surface area contributed by atoms with Gasteiger partial charge in [0.1, 0.15) is 0 Å². The molecule has 3 aromatic carbocycles. The molecule has 0 saturated heterocycles. The van der Waals surface area contributed by atoms with Gasteiger partial charge in [0.25, 0.3) is 0 Å². The summed E-state index contributed by atoms with van der Waals surface area (Å²) < 4.78 is 1.75. The molecule has 0 aromatic heterocycles. The normalized spacial score (nSPS) is 24.7. The van der Waals surface area contributed by atoms with Gasteiger partial charge in [-0.2, -0.15) is 29.3 Å². The van der Waals surface area contributed by atoms with Crippen LogP contribution in [0.1, 0.15) is 123 Å². The van der Waals surface area contributed by atoms with Gasteiger partial charge in [-0.3, -0.25) is 0 Å². The molecule has 2 atom stereocenters. The molecule has 8 rings (SSSR count). The number of fused-ring (bicyclic) bond motifs is 6. The Morgan fingerprint density at radius 1 is 0.788 bits per heavy atom. The number of benzene rings is 2. The van der Waals surface area contributed by atoms with Crippen molar-refractivity contribution in [2.45, 2.75) is 120 Å². The standard InChI is InChI=1S/C29H37.C15H20.C5H5.2ClH.Zr/c1-18-25-22-17-19-13-9-10-14-20(19)24(22)21-15-11-12-16-23(21)29(25,8)28(6,7)27(4,5)26(18,2)3;1-3-8-14(9-4-1)12-7-13-15-10-5-2-6-11-15;1-2-4-5-3-1;;;/h9-11,13-15,23H,12,16-17H2,1-8H3;1,3-4,8-9,15H,2,5-6,10-13H2;1-5H;2*1H;/q-1;;-1;;;+2/p-2. The predicted molar refractivity (Wildman–Crippen MR) is 213 cm³/mol. The van der Waals surface area contributed by atoms with Crippen LogP contribution in [-0.2, 0) is 37.1 Å². The Labute approximate surface area is 344 Å². The molecule has 5 aliphatic rings. The average Bonchev–Trinajstić information content (AvgIpc) is 3.81. The van der Waals surface area contributed by atoms with Gasteiger partial charge in [0.15, 0.2) is 0 Å². The maximum atomic E-state index is 2.62. The van der Waals surface area contributed by atoms with Crippen LogP contribution in [-0.4, -0.2) is 3.21 Å². The van der Waals surface area contributed by atoms with E-state index in [2.05, 4.69) is 122 Å². The summed E-state index contributed by atoms with van der Waals surface area (Å²) in [6, 6.07) is 30.1. The first-order valence-electron chi connectivity index (χ1n) is 19.7. The maximum absolute atomic E-state index is 2.62. The number of rotatable bonds is 4. The first-order chi connectivity index (χ1) is 23.8. The number of hydrogen-bond donors (Lipinski definition) is 0. The second-order valence-electron chi connectivity index (χ2n) is 17.7. The summed E-state index contributed by atoms with van der Waals surface area (Å²) in [4.78, 5) is 0.